The van der Waals surface area contributed by atoms with Gasteiger partial charge in [0.15, 0.2) is 5.96 Å². The Labute approximate surface area is 140 Å². The van der Waals surface area contributed by atoms with E-state index >= 15 is 0 Å². The number of nitrogens with zero attached hydrogens (tertiary/aromatic N) is 1. The minimum absolute atomic E-state index is 0.0484. The number of hydrogen-bond acceptors (Lipinski definition) is 4. The second-order valence-corrected chi connectivity index (χ2v) is 6.27. The molecule has 1 amide bonds. The number of methoxy groups -OCH3 is 1. The number of carbonyl (C=O) groups is 1. The van der Waals surface area contributed by atoms with Crippen molar-refractivity contribution in [2.24, 2.45) is 4.99 Å². The first-order chi connectivity index (χ1) is 10.8. The minimum atomic E-state index is -0.499. The number of guanidine groups is 1. The summed E-state index contributed by atoms with van der Waals surface area (Å²) in [6.07, 6.45) is 1.41. The van der Waals surface area contributed by atoms with E-state index in [4.69, 9.17) is 9.47 Å². The van der Waals surface area contributed by atoms with Gasteiger partial charge in [-0.3, -0.25) is 4.99 Å². The number of hydrogen-bond donors (Lipinski definition) is 3. The molecule has 0 fully saturated rings. The first-order valence-electron chi connectivity index (χ1n) is 8.33. The highest BCUT2D eigenvalue weighted by Crippen LogP contribution is 2.07. The summed E-state index contributed by atoms with van der Waals surface area (Å²) in [5.74, 6) is 0.719. The quantitative estimate of drug-likeness (QED) is 0.341. The van der Waals surface area contributed by atoms with Crippen LogP contribution in [0, 0.1) is 0 Å². The molecule has 0 aliphatic carbocycles. The Morgan fingerprint density at radius 3 is 2.43 bits per heavy atom. The number of ether oxygens (including phenoxy) is 2. The Morgan fingerprint density at radius 2 is 1.91 bits per heavy atom. The third-order valence-electron chi connectivity index (χ3n) is 2.77. The van der Waals surface area contributed by atoms with Gasteiger partial charge in [-0.05, 0) is 34.1 Å². The molecular formula is C16H34N4O3. The van der Waals surface area contributed by atoms with Crippen LogP contribution in [0.3, 0.4) is 0 Å². The van der Waals surface area contributed by atoms with Gasteiger partial charge in [0.2, 0.25) is 0 Å². The van der Waals surface area contributed by atoms with Crippen molar-refractivity contribution in [2.75, 3.05) is 33.4 Å². The fraction of sp³-hybridized carbons (Fsp3) is 0.875. The fourth-order valence-electron chi connectivity index (χ4n) is 1.85. The lowest BCUT2D eigenvalue weighted by Crippen LogP contribution is -2.43. The van der Waals surface area contributed by atoms with Crippen LogP contribution in [0.5, 0.6) is 0 Å². The molecule has 0 aliphatic heterocycles. The monoisotopic (exact) mass is 330 g/mol. The summed E-state index contributed by atoms with van der Waals surface area (Å²) in [5, 5.41) is 9.24. The van der Waals surface area contributed by atoms with Crippen LogP contribution in [-0.2, 0) is 9.47 Å². The van der Waals surface area contributed by atoms with Crippen LogP contribution in [0.1, 0.15) is 47.5 Å². The SMILES string of the molecule is CCCC(CN=C(NCC)NCCOC)NC(=O)OC(C)(C)C. The lowest BCUT2D eigenvalue weighted by atomic mass is 10.1. The van der Waals surface area contributed by atoms with Crippen LogP contribution in [0.2, 0.25) is 0 Å². The van der Waals surface area contributed by atoms with E-state index in [2.05, 4.69) is 27.9 Å². The summed E-state index contributed by atoms with van der Waals surface area (Å²) in [6, 6.07) is -0.0484. The smallest absolute Gasteiger partial charge is 0.407 e. The molecule has 3 N–H and O–H groups in total. The van der Waals surface area contributed by atoms with Crippen molar-refractivity contribution in [1.82, 2.24) is 16.0 Å². The topological polar surface area (TPSA) is 84.0 Å². The van der Waals surface area contributed by atoms with Crippen molar-refractivity contribution in [3.8, 4) is 0 Å². The lowest BCUT2D eigenvalue weighted by molar-refractivity contribution is 0.0503. The summed E-state index contributed by atoms with van der Waals surface area (Å²) in [5.41, 5.74) is -0.499. The van der Waals surface area contributed by atoms with Gasteiger partial charge in [0.1, 0.15) is 5.60 Å². The van der Waals surface area contributed by atoms with Crippen molar-refractivity contribution in [1.29, 1.82) is 0 Å². The van der Waals surface area contributed by atoms with Gasteiger partial charge >= 0.3 is 6.09 Å². The van der Waals surface area contributed by atoms with Crippen molar-refractivity contribution in [2.45, 2.75) is 59.1 Å². The number of rotatable bonds is 9. The Kier molecular flexibility index (Phi) is 11.2. The summed E-state index contributed by atoms with van der Waals surface area (Å²) in [7, 11) is 1.66. The van der Waals surface area contributed by atoms with Crippen LogP contribution in [-0.4, -0.2) is 57.0 Å². The molecule has 0 spiro atoms. The Morgan fingerprint density at radius 1 is 1.22 bits per heavy atom. The van der Waals surface area contributed by atoms with E-state index < -0.39 is 11.7 Å². The van der Waals surface area contributed by atoms with Crippen molar-refractivity contribution in [3.05, 3.63) is 0 Å². The normalized spacial score (nSPS) is 13.4. The zero-order valence-electron chi connectivity index (χ0n) is 15.5. The molecule has 1 unspecified atom stereocenters. The lowest BCUT2D eigenvalue weighted by Gasteiger charge is -2.23. The highest BCUT2D eigenvalue weighted by molar-refractivity contribution is 5.79. The molecule has 7 nitrogen and oxygen atoms in total. The summed E-state index contributed by atoms with van der Waals surface area (Å²) >= 11 is 0. The van der Waals surface area contributed by atoms with Crippen LogP contribution in [0.15, 0.2) is 4.99 Å². The summed E-state index contributed by atoms with van der Waals surface area (Å²) in [6.45, 7) is 12.2. The van der Waals surface area contributed by atoms with E-state index in [9.17, 15) is 4.79 Å². The van der Waals surface area contributed by atoms with Crippen LogP contribution < -0.4 is 16.0 Å². The molecule has 0 saturated carbocycles. The van der Waals surface area contributed by atoms with E-state index in [1.165, 1.54) is 0 Å². The van der Waals surface area contributed by atoms with Crippen molar-refractivity contribution in [3.63, 3.8) is 0 Å². The highest BCUT2D eigenvalue weighted by atomic mass is 16.6. The van der Waals surface area contributed by atoms with Crippen LogP contribution >= 0.6 is 0 Å². The Hall–Kier alpha value is -1.50. The Bertz CT molecular complexity index is 354. The molecule has 23 heavy (non-hydrogen) atoms. The van der Waals surface area contributed by atoms with E-state index in [0.29, 0.717) is 19.7 Å². The molecule has 0 heterocycles. The maximum absolute atomic E-state index is 11.9. The van der Waals surface area contributed by atoms with Crippen molar-refractivity contribution >= 4 is 12.1 Å². The molecule has 0 aliphatic rings. The molecule has 1 atom stereocenters. The fourth-order valence-corrected chi connectivity index (χ4v) is 1.85. The molecule has 0 radical (unpaired) electrons. The van der Waals surface area contributed by atoms with Gasteiger partial charge in [-0.2, -0.15) is 0 Å². The maximum Gasteiger partial charge on any atom is 0.407 e. The van der Waals surface area contributed by atoms with Gasteiger partial charge in [-0.15, -0.1) is 0 Å². The number of amides is 1. The minimum Gasteiger partial charge on any atom is -0.444 e. The zero-order chi connectivity index (χ0) is 17.7. The maximum atomic E-state index is 11.9. The predicted octanol–water partition coefficient (Wildman–Crippen LogP) is 1.88. The molecule has 7 heteroatoms. The molecule has 0 aromatic carbocycles. The molecular weight excluding hydrogens is 296 g/mol. The van der Waals surface area contributed by atoms with Gasteiger partial charge in [0.05, 0.1) is 19.2 Å². The molecule has 0 saturated heterocycles. The summed E-state index contributed by atoms with van der Waals surface area (Å²) < 4.78 is 10.3. The summed E-state index contributed by atoms with van der Waals surface area (Å²) in [4.78, 5) is 16.4. The molecule has 0 rings (SSSR count). The third kappa shape index (κ3) is 12.7. The first kappa shape index (κ1) is 21.5. The van der Waals surface area contributed by atoms with Crippen LogP contribution in [0.25, 0.3) is 0 Å². The van der Waals surface area contributed by atoms with Crippen molar-refractivity contribution < 1.29 is 14.3 Å². The van der Waals surface area contributed by atoms with Gasteiger partial charge in [-0.25, -0.2) is 4.79 Å². The molecule has 136 valence electrons. The number of nitrogens with one attached hydrogen (secondary N) is 3. The third-order valence-corrected chi connectivity index (χ3v) is 2.77. The number of aliphatic imine (C=N–C) groups is 1. The Balaban J connectivity index is 4.56. The number of carbonyl (C=O) groups excluding carboxylic acids is 1. The van der Waals surface area contributed by atoms with E-state index in [0.717, 1.165) is 25.3 Å². The highest BCUT2D eigenvalue weighted by Gasteiger charge is 2.19. The molecule has 0 bridgehead atoms. The van der Waals surface area contributed by atoms with E-state index in [1.54, 1.807) is 7.11 Å². The average molecular weight is 330 g/mol. The standard InChI is InChI=1S/C16H34N4O3/c1-7-9-13(20-15(21)23-16(3,4)5)12-19-14(17-8-2)18-10-11-22-6/h13H,7-12H2,1-6H3,(H,20,21)(H2,17,18,19). The second-order valence-electron chi connectivity index (χ2n) is 6.27. The largest absolute Gasteiger partial charge is 0.444 e. The van der Waals surface area contributed by atoms with Gasteiger partial charge in [0.25, 0.3) is 0 Å². The first-order valence-corrected chi connectivity index (χ1v) is 8.33. The average Bonchev–Trinajstić information content (AvgIpc) is 2.42. The molecule has 0 aromatic rings. The van der Waals surface area contributed by atoms with E-state index in [-0.39, 0.29) is 6.04 Å². The van der Waals surface area contributed by atoms with E-state index in [1.807, 2.05) is 27.7 Å². The van der Waals surface area contributed by atoms with Crippen LogP contribution in [0.4, 0.5) is 4.79 Å². The number of alkyl carbamates (subject to hydrolysis) is 1. The zero-order valence-corrected chi connectivity index (χ0v) is 15.5. The molecule has 0 aromatic heterocycles. The van der Waals surface area contributed by atoms with Gasteiger partial charge in [-0.1, -0.05) is 13.3 Å². The predicted molar refractivity (Wildman–Crippen MR) is 93.9 cm³/mol. The van der Waals surface area contributed by atoms with Gasteiger partial charge in [0, 0.05) is 20.2 Å². The van der Waals surface area contributed by atoms with Gasteiger partial charge < -0.3 is 25.4 Å². The second kappa shape index (κ2) is 12.0.